The molecule has 1 aliphatic rings. The number of halogens is 1. The smallest absolute Gasteiger partial charge is 0.225 e. The van der Waals surface area contributed by atoms with Crippen molar-refractivity contribution in [1.29, 1.82) is 0 Å². The summed E-state index contributed by atoms with van der Waals surface area (Å²) in [4.78, 5) is 0. The first-order valence-electron chi connectivity index (χ1n) is 10.3. The number of ether oxygens (including phenoxy) is 1. The summed E-state index contributed by atoms with van der Waals surface area (Å²) in [6.45, 7) is 5.05. The second-order valence-electron chi connectivity index (χ2n) is 7.27. The molecule has 2 aromatic carbocycles. The molecule has 1 atom stereocenters. The van der Waals surface area contributed by atoms with Gasteiger partial charge in [0, 0.05) is 11.8 Å². The van der Waals surface area contributed by atoms with Crippen LogP contribution in [-0.2, 0) is 12.2 Å². The van der Waals surface area contributed by atoms with Crippen LogP contribution in [0.15, 0.2) is 66.9 Å². The highest BCUT2D eigenvalue weighted by Gasteiger charge is 2.29. The van der Waals surface area contributed by atoms with Crippen LogP contribution >= 0.6 is 0 Å². The topological polar surface area (TPSA) is 21.3 Å². The Labute approximate surface area is 168 Å². The Hall–Kier alpha value is -2.55. The van der Waals surface area contributed by atoms with Crippen molar-refractivity contribution in [2.45, 2.75) is 51.7 Å². The lowest BCUT2D eigenvalue weighted by atomic mass is 9.96. The molecule has 148 valence electrons. The van der Waals surface area contributed by atoms with Gasteiger partial charge in [0.2, 0.25) is 5.79 Å². The molecule has 1 aliphatic heterocycles. The van der Waals surface area contributed by atoms with Crippen LogP contribution in [0.25, 0.3) is 5.57 Å². The number of hydrogen-bond acceptors (Lipinski definition) is 2. The Morgan fingerprint density at radius 1 is 0.929 bits per heavy atom. The molecule has 2 aromatic rings. The van der Waals surface area contributed by atoms with E-state index in [-0.39, 0.29) is 0 Å². The number of hydrogen-bond donors (Lipinski definition) is 1. The van der Waals surface area contributed by atoms with Gasteiger partial charge in [-0.1, -0.05) is 75.6 Å². The van der Waals surface area contributed by atoms with Gasteiger partial charge in [0.25, 0.3) is 0 Å². The number of allylic oxidation sites excluding steroid dienone is 2. The Balaban J connectivity index is 1.59. The van der Waals surface area contributed by atoms with E-state index in [9.17, 15) is 0 Å². The fourth-order valence-electron chi connectivity index (χ4n) is 3.29. The number of unbranched alkanes of at least 4 members (excludes halogenated alkanes) is 3. The molecular weight excluding hydrogens is 349 g/mol. The highest BCUT2D eigenvalue weighted by Crippen LogP contribution is 2.31. The van der Waals surface area contributed by atoms with E-state index in [4.69, 9.17) is 4.74 Å². The van der Waals surface area contributed by atoms with E-state index in [2.05, 4.69) is 19.2 Å². The molecule has 3 rings (SSSR count). The zero-order valence-electron chi connectivity index (χ0n) is 16.9. The third kappa shape index (κ3) is 5.03. The normalized spacial score (nSPS) is 18.5. The van der Waals surface area contributed by atoms with Crippen molar-refractivity contribution in [2.24, 2.45) is 0 Å². The van der Waals surface area contributed by atoms with Crippen molar-refractivity contribution in [2.75, 3.05) is 6.61 Å². The maximum atomic E-state index is 15.3. The van der Waals surface area contributed by atoms with E-state index in [1.165, 1.54) is 24.8 Å². The molecule has 0 radical (unpaired) electrons. The molecule has 0 aromatic heterocycles. The molecule has 0 saturated heterocycles. The predicted molar refractivity (Wildman–Crippen MR) is 115 cm³/mol. The highest BCUT2D eigenvalue weighted by atomic mass is 19.1. The fraction of sp³-hybridized carbons (Fsp3) is 0.360. The van der Waals surface area contributed by atoms with Gasteiger partial charge < -0.3 is 10.1 Å². The fourth-order valence-corrected chi connectivity index (χ4v) is 3.29. The third-order valence-corrected chi connectivity index (χ3v) is 5.17. The Morgan fingerprint density at radius 3 is 2.29 bits per heavy atom. The van der Waals surface area contributed by atoms with Crippen molar-refractivity contribution in [3.05, 3.63) is 83.6 Å². The minimum absolute atomic E-state index is 0.614. The molecule has 1 N–H and O–H groups in total. The SMILES string of the molecule is CCCCCCOc1ccc(C2=CNC(F)(c3ccc(CC)cc3)C=C2)cc1. The minimum atomic E-state index is -1.67. The van der Waals surface area contributed by atoms with Crippen LogP contribution in [0.2, 0.25) is 0 Å². The first kappa shape index (κ1) is 20.2. The van der Waals surface area contributed by atoms with E-state index in [1.54, 1.807) is 12.3 Å². The second-order valence-corrected chi connectivity index (χ2v) is 7.27. The Kier molecular flexibility index (Phi) is 6.91. The Morgan fingerprint density at radius 2 is 1.68 bits per heavy atom. The first-order valence-corrected chi connectivity index (χ1v) is 10.3. The van der Waals surface area contributed by atoms with Crippen molar-refractivity contribution in [1.82, 2.24) is 5.32 Å². The molecule has 1 heterocycles. The van der Waals surface area contributed by atoms with Crippen LogP contribution in [0.3, 0.4) is 0 Å². The molecule has 0 fully saturated rings. The third-order valence-electron chi connectivity index (χ3n) is 5.17. The molecular formula is C25H30FNO. The second kappa shape index (κ2) is 9.59. The van der Waals surface area contributed by atoms with Crippen molar-refractivity contribution >= 4 is 5.57 Å². The monoisotopic (exact) mass is 379 g/mol. The average molecular weight is 380 g/mol. The van der Waals surface area contributed by atoms with E-state index in [1.807, 2.05) is 54.6 Å². The van der Waals surface area contributed by atoms with E-state index in [0.717, 1.165) is 36.3 Å². The lowest BCUT2D eigenvalue weighted by Gasteiger charge is -2.26. The van der Waals surface area contributed by atoms with Crippen LogP contribution in [0, 0.1) is 0 Å². The zero-order chi connectivity index (χ0) is 19.8. The van der Waals surface area contributed by atoms with Gasteiger partial charge in [-0.25, -0.2) is 4.39 Å². The molecule has 0 amide bonds. The molecule has 28 heavy (non-hydrogen) atoms. The van der Waals surface area contributed by atoms with E-state index >= 15 is 4.39 Å². The molecule has 0 bridgehead atoms. The van der Waals surface area contributed by atoms with Crippen LogP contribution < -0.4 is 10.1 Å². The largest absolute Gasteiger partial charge is 0.494 e. The van der Waals surface area contributed by atoms with Crippen LogP contribution in [0.1, 0.15) is 56.2 Å². The number of rotatable bonds is 9. The molecule has 2 nitrogen and oxygen atoms in total. The summed E-state index contributed by atoms with van der Waals surface area (Å²) in [6, 6.07) is 15.6. The van der Waals surface area contributed by atoms with Gasteiger partial charge in [-0.3, -0.25) is 0 Å². The lowest BCUT2D eigenvalue weighted by molar-refractivity contribution is 0.200. The van der Waals surface area contributed by atoms with Gasteiger partial charge >= 0.3 is 0 Å². The summed E-state index contributed by atoms with van der Waals surface area (Å²) < 4.78 is 21.1. The van der Waals surface area contributed by atoms with Gasteiger partial charge in [0.05, 0.1) is 6.61 Å². The maximum Gasteiger partial charge on any atom is 0.225 e. The van der Waals surface area contributed by atoms with Gasteiger partial charge in [-0.15, -0.1) is 0 Å². The van der Waals surface area contributed by atoms with Gasteiger partial charge in [0.15, 0.2) is 0 Å². The number of aryl methyl sites for hydroxylation is 1. The standard InChI is InChI=1S/C25H30FNO/c1-3-5-6-7-18-28-24-14-10-21(11-15-24)22-16-17-25(26,27-19-22)23-12-8-20(4-2)9-13-23/h8-17,19,27H,3-7,18H2,1-2H3. The summed E-state index contributed by atoms with van der Waals surface area (Å²) in [5.74, 6) is -0.790. The highest BCUT2D eigenvalue weighted by molar-refractivity contribution is 5.75. The molecule has 0 spiro atoms. The van der Waals surface area contributed by atoms with Crippen LogP contribution in [-0.4, -0.2) is 6.61 Å². The number of benzene rings is 2. The summed E-state index contributed by atoms with van der Waals surface area (Å²) in [5.41, 5.74) is 3.80. The predicted octanol–water partition coefficient (Wildman–Crippen LogP) is 6.53. The number of dihydropyridines is 1. The van der Waals surface area contributed by atoms with Crippen molar-refractivity contribution < 1.29 is 9.13 Å². The van der Waals surface area contributed by atoms with E-state index < -0.39 is 5.79 Å². The number of alkyl halides is 1. The molecule has 0 saturated carbocycles. The zero-order valence-corrected chi connectivity index (χ0v) is 16.9. The molecule has 3 heteroatoms. The maximum absolute atomic E-state index is 15.3. The number of nitrogens with one attached hydrogen (secondary N) is 1. The summed E-state index contributed by atoms with van der Waals surface area (Å²) in [5, 5.41) is 2.92. The lowest BCUT2D eigenvalue weighted by Crippen LogP contribution is -2.34. The average Bonchev–Trinajstić information content (AvgIpc) is 2.75. The van der Waals surface area contributed by atoms with Crippen molar-refractivity contribution in [3.8, 4) is 5.75 Å². The first-order chi connectivity index (χ1) is 13.6. The summed E-state index contributed by atoms with van der Waals surface area (Å²) >= 11 is 0. The van der Waals surface area contributed by atoms with Crippen LogP contribution in [0.4, 0.5) is 4.39 Å². The summed E-state index contributed by atoms with van der Waals surface area (Å²) in [7, 11) is 0. The van der Waals surface area contributed by atoms with Gasteiger partial charge in [-0.2, -0.15) is 0 Å². The Bertz CT molecular complexity index is 807. The van der Waals surface area contributed by atoms with Crippen LogP contribution in [0.5, 0.6) is 5.75 Å². The van der Waals surface area contributed by atoms with Gasteiger partial charge in [-0.05, 0) is 47.8 Å². The minimum Gasteiger partial charge on any atom is -0.494 e. The summed E-state index contributed by atoms with van der Waals surface area (Å²) in [6.07, 6.45) is 10.9. The molecule has 1 unspecified atom stereocenters. The van der Waals surface area contributed by atoms with E-state index in [0.29, 0.717) is 5.56 Å². The van der Waals surface area contributed by atoms with Gasteiger partial charge in [0.1, 0.15) is 5.75 Å². The molecule has 0 aliphatic carbocycles. The van der Waals surface area contributed by atoms with Crippen molar-refractivity contribution in [3.63, 3.8) is 0 Å². The quantitative estimate of drug-likeness (QED) is 0.395.